The molecule has 0 saturated carbocycles. The van der Waals surface area contributed by atoms with Crippen LogP contribution in [0.25, 0.3) is 11.2 Å². The lowest BCUT2D eigenvalue weighted by molar-refractivity contribution is 0.573. The number of pyridine rings is 2. The zero-order valence-electron chi connectivity index (χ0n) is 14.6. The molecule has 3 aromatic rings. The van der Waals surface area contributed by atoms with Gasteiger partial charge in [-0.25, -0.2) is 14.4 Å². The summed E-state index contributed by atoms with van der Waals surface area (Å²) >= 11 is 0. The number of anilines is 1. The van der Waals surface area contributed by atoms with Gasteiger partial charge < -0.3 is 14.9 Å². The Morgan fingerprint density at radius 2 is 2.20 bits per heavy atom. The second-order valence-corrected chi connectivity index (χ2v) is 6.45. The first-order valence-electron chi connectivity index (χ1n) is 8.44. The molecule has 0 atom stereocenters. The summed E-state index contributed by atoms with van der Waals surface area (Å²) in [5.74, 6) is 0.541. The van der Waals surface area contributed by atoms with E-state index in [2.05, 4.69) is 20.3 Å². The van der Waals surface area contributed by atoms with Crippen molar-refractivity contribution in [2.24, 2.45) is 5.92 Å². The van der Waals surface area contributed by atoms with Crippen LogP contribution in [0.15, 0.2) is 29.3 Å². The van der Waals surface area contributed by atoms with E-state index in [0.717, 1.165) is 0 Å². The lowest BCUT2D eigenvalue weighted by Gasteiger charge is -2.07. The van der Waals surface area contributed by atoms with Gasteiger partial charge in [0.15, 0.2) is 5.65 Å². The minimum absolute atomic E-state index is 0.119. The molecule has 7 heteroatoms. The van der Waals surface area contributed by atoms with Gasteiger partial charge in [0.2, 0.25) is 0 Å². The van der Waals surface area contributed by atoms with Gasteiger partial charge in [0, 0.05) is 18.3 Å². The number of aromatic nitrogens is 4. The van der Waals surface area contributed by atoms with Crippen molar-refractivity contribution in [1.29, 1.82) is 0 Å². The second-order valence-electron chi connectivity index (χ2n) is 6.45. The third-order valence-electron chi connectivity index (χ3n) is 3.93. The molecule has 6 nitrogen and oxygen atoms in total. The fraction of sp³-hybridized carbons (Fsp3) is 0.389. The maximum absolute atomic E-state index is 14.1. The van der Waals surface area contributed by atoms with Gasteiger partial charge >= 0.3 is 0 Å². The van der Waals surface area contributed by atoms with Gasteiger partial charge in [-0.15, -0.1) is 0 Å². The van der Waals surface area contributed by atoms with E-state index in [-0.39, 0.29) is 17.9 Å². The Balaban J connectivity index is 1.98. The molecule has 0 fully saturated rings. The first-order valence-corrected chi connectivity index (χ1v) is 8.44. The van der Waals surface area contributed by atoms with E-state index in [1.54, 1.807) is 16.8 Å². The predicted octanol–water partition coefficient (Wildman–Crippen LogP) is 2.94. The minimum atomic E-state index is -0.342. The van der Waals surface area contributed by atoms with E-state index in [4.69, 9.17) is 0 Å². The topological polar surface area (TPSA) is 75.6 Å². The van der Waals surface area contributed by atoms with Crippen LogP contribution in [-0.2, 0) is 13.0 Å². The molecule has 0 amide bonds. The Kier molecular flexibility index (Phi) is 4.83. The van der Waals surface area contributed by atoms with Crippen LogP contribution >= 0.6 is 0 Å². The highest BCUT2D eigenvalue weighted by atomic mass is 19.1. The number of nitrogens with zero attached hydrogens (tertiary/aromatic N) is 3. The predicted molar refractivity (Wildman–Crippen MR) is 96.4 cm³/mol. The van der Waals surface area contributed by atoms with Crippen molar-refractivity contribution in [1.82, 2.24) is 19.5 Å². The zero-order chi connectivity index (χ0) is 18.0. The second kappa shape index (κ2) is 7.04. The summed E-state index contributed by atoms with van der Waals surface area (Å²) in [6, 6.07) is 3.56. The minimum Gasteiger partial charge on any atom is -0.381 e. The van der Waals surface area contributed by atoms with Crippen LogP contribution in [0.2, 0.25) is 0 Å². The SMILES string of the molecule is CCNc1cccn(Cc2nc3c(CC(C)C)c(F)cnc3[nH]2)c1=O. The Morgan fingerprint density at radius 1 is 1.40 bits per heavy atom. The van der Waals surface area contributed by atoms with Crippen LogP contribution in [0.4, 0.5) is 10.1 Å². The highest BCUT2D eigenvalue weighted by molar-refractivity contribution is 5.75. The average molecular weight is 343 g/mol. The van der Waals surface area contributed by atoms with Gasteiger partial charge in [-0.05, 0) is 31.4 Å². The molecule has 2 N–H and O–H groups in total. The molecule has 3 aromatic heterocycles. The van der Waals surface area contributed by atoms with Gasteiger partial charge in [0.25, 0.3) is 5.56 Å². The number of imidazole rings is 1. The summed E-state index contributed by atoms with van der Waals surface area (Å²) in [6.45, 7) is 6.95. The molecule has 0 radical (unpaired) electrons. The van der Waals surface area contributed by atoms with Crippen molar-refractivity contribution in [3.05, 3.63) is 52.1 Å². The molecule has 0 aliphatic carbocycles. The van der Waals surface area contributed by atoms with Crippen LogP contribution in [-0.4, -0.2) is 26.1 Å². The molecule has 0 saturated heterocycles. The number of aromatic amines is 1. The summed E-state index contributed by atoms with van der Waals surface area (Å²) < 4.78 is 15.7. The summed E-state index contributed by atoms with van der Waals surface area (Å²) in [6.07, 6.45) is 3.52. The quantitative estimate of drug-likeness (QED) is 0.721. The molecule has 0 aliphatic heterocycles. The van der Waals surface area contributed by atoms with Crippen LogP contribution in [0.1, 0.15) is 32.2 Å². The molecule has 0 unspecified atom stereocenters. The Bertz CT molecular complexity index is 944. The number of H-pyrrole nitrogens is 1. The highest BCUT2D eigenvalue weighted by Crippen LogP contribution is 2.21. The summed E-state index contributed by atoms with van der Waals surface area (Å²) in [5, 5.41) is 3.04. The molecule has 132 valence electrons. The first kappa shape index (κ1) is 17.1. The smallest absolute Gasteiger partial charge is 0.274 e. The van der Waals surface area contributed by atoms with Gasteiger partial charge in [0.05, 0.1) is 12.7 Å². The largest absolute Gasteiger partial charge is 0.381 e. The summed E-state index contributed by atoms with van der Waals surface area (Å²) in [7, 11) is 0. The molecule has 3 heterocycles. The van der Waals surface area contributed by atoms with Crippen molar-refractivity contribution in [3.8, 4) is 0 Å². The third kappa shape index (κ3) is 3.55. The van der Waals surface area contributed by atoms with Crippen LogP contribution in [0.5, 0.6) is 0 Å². The maximum atomic E-state index is 14.1. The van der Waals surface area contributed by atoms with E-state index in [1.165, 1.54) is 6.20 Å². The molecular weight excluding hydrogens is 321 g/mol. The van der Waals surface area contributed by atoms with E-state index in [9.17, 15) is 9.18 Å². The zero-order valence-corrected chi connectivity index (χ0v) is 14.6. The number of halogens is 1. The molecule has 0 spiro atoms. The van der Waals surface area contributed by atoms with Gasteiger partial charge in [-0.2, -0.15) is 0 Å². The van der Waals surface area contributed by atoms with Gasteiger partial charge in [0.1, 0.15) is 22.8 Å². The Labute approximate surface area is 145 Å². The summed E-state index contributed by atoms with van der Waals surface area (Å²) in [4.78, 5) is 24.1. The molecule has 0 bridgehead atoms. The maximum Gasteiger partial charge on any atom is 0.274 e. The molecule has 3 rings (SSSR count). The number of hydrogen-bond acceptors (Lipinski definition) is 4. The van der Waals surface area contributed by atoms with Crippen LogP contribution in [0, 0.1) is 11.7 Å². The Morgan fingerprint density at radius 3 is 2.92 bits per heavy atom. The van der Waals surface area contributed by atoms with Crippen molar-refractivity contribution in [2.45, 2.75) is 33.7 Å². The van der Waals surface area contributed by atoms with E-state index < -0.39 is 0 Å². The third-order valence-corrected chi connectivity index (χ3v) is 3.93. The van der Waals surface area contributed by atoms with E-state index >= 15 is 0 Å². The van der Waals surface area contributed by atoms with Gasteiger partial charge in [-0.3, -0.25) is 4.79 Å². The normalized spacial score (nSPS) is 11.4. The number of nitrogens with one attached hydrogen (secondary N) is 2. The molecule has 25 heavy (non-hydrogen) atoms. The van der Waals surface area contributed by atoms with Gasteiger partial charge in [-0.1, -0.05) is 13.8 Å². The van der Waals surface area contributed by atoms with Crippen molar-refractivity contribution >= 4 is 16.9 Å². The Hall–Kier alpha value is -2.70. The number of hydrogen-bond donors (Lipinski definition) is 2. The van der Waals surface area contributed by atoms with Crippen LogP contribution < -0.4 is 10.9 Å². The van der Waals surface area contributed by atoms with Crippen molar-refractivity contribution in [2.75, 3.05) is 11.9 Å². The average Bonchev–Trinajstić information content (AvgIpc) is 2.97. The van der Waals surface area contributed by atoms with Crippen LogP contribution in [0.3, 0.4) is 0 Å². The van der Waals surface area contributed by atoms with E-state index in [0.29, 0.717) is 47.1 Å². The number of rotatable bonds is 6. The van der Waals surface area contributed by atoms with Crippen molar-refractivity contribution < 1.29 is 4.39 Å². The fourth-order valence-electron chi connectivity index (χ4n) is 2.85. The molecular formula is C18H22FN5O. The highest BCUT2D eigenvalue weighted by Gasteiger charge is 2.15. The lowest BCUT2D eigenvalue weighted by atomic mass is 10.0. The van der Waals surface area contributed by atoms with E-state index in [1.807, 2.05) is 26.8 Å². The monoisotopic (exact) mass is 343 g/mol. The molecule has 0 aromatic carbocycles. The first-order chi connectivity index (χ1) is 12.0. The standard InChI is InChI=1S/C18H22FN5O/c1-4-20-14-6-5-7-24(18(14)25)10-15-22-16-12(8-11(2)3)13(19)9-21-17(16)23-15/h5-7,9,11,20H,4,8,10H2,1-3H3,(H,21,22,23). The van der Waals surface area contributed by atoms with Crippen molar-refractivity contribution in [3.63, 3.8) is 0 Å². The summed E-state index contributed by atoms with van der Waals surface area (Å²) in [5.41, 5.74) is 2.08. The lowest BCUT2D eigenvalue weighted by Crippen LogP contribution is -2.23. The molecule has 0 aliphatic rings. The fourth-order valence-corrected chi connectivity index (χ4v) is 2.85. The number of fused-ring (bicyclic) bond motifs is 1.